The number of nitrogens with zero attached hydrogens (tertiary/aromatic N) is 1. The molecule has 86 valence electrons. The molecule has 0 spiro atoms. The summed E-state index contributed by atoms with van der Waals surface area (Å²) in [5, 5.41) is 7.99. The van der Waals surface area contributed by atoms with E-state index in [2.05, 4.69) is 13.8 Å². The lowest BCUT2D eigenvalue weighted by atomic mass is 10.1. The molecule has 0 radical (unpaired) electrons. The quantitative estimate of drug-likeness (QED) is 0.833. The van der Waals surface area contributed by atoms with Gasteiger partial charge in [0.05, 0.1) is 0 Å². The van der Waals surface area contributed by atoms with Crippen molar-refractivity contribution in [2.45, 2.75) is 26.8 Å². The maximum absolute atomic E-state index is 13.1. The zero-order valence-corrected chi connectivity index (χ0v) is 9.76. The number of hydrogen-bond acceptors (Lipinski definition) is 1. The Morgan fingerprint density at radius 2 is 2.19 bits per heavy atom. The smallest absolute Gasteiger partial charge is 0.128 e. The van der Waals surface area contributed by atoms with E-state index in [0.717, 1.165) is 30.6 Å². The first-order chi connectivity index (χ1) is 7.58. The predicted molar refractivity (Wildman–Crippen MR) is 63.1 cm³/mol. The molecule has 0 bridgehead atoms. The van der Waals surface area contributed by atoms with Crippen LogP contribution in [0.2, 0.25) is 0 Å². The fourth-order valence-corrected chi connectivity index (χ4v) is 1.97. The van der Waals surface area contributed by atoms with E-state index in [1.165, 1.54) is 12.1 Å². The van der Waals surface area contributed by atoms with Crippen LogP contribution < -0.4 is 0 Å². The minimum atomic E-state index is -0.255. The molecule has 0 fully saturated rings. The largest absolute Gasteiger partial charge is 0.352 e. The Morgan fingerprint density at radius 3 is 2.88 bits per heavy atom. The highest BCUT2D eigenvalue weighted by Gasteiger charge is 2.23. The minimum absolute atomic E-state index is 0.255. The fourth-order valence-electron chi connectivity index (χ4n) is 1.97. The Kier molecular flexibility index (Phi) is 2.95. The lowest BCUT2D eigenvalue weighted by Crippen LogP contribution is -2.25. The van der Waals surface area contributed by atoms with Gasteiger partial charge in [-0.2, -0.15) is 0 Å². The highest BCUT2D eigenvalue weighted by Crippen LogP contribution is 2.23. The topological polar surface area (TPSA) is 27.1 Å². The van der Waals surface area contributed by atoms with Crippen LogP contribution in [0.15, 0.2) is 18.2 Å². The van der Waals surface area contributed by atoms with Crippen LogP contribution in [-0.2, 0) is 6.54 Å². The van der Waals surface area contributed by atoms with Gasteiger partial charge in [-0.05, 0) is 30.0 Å². The summed E-state index contributed by atoms with van der Waals surface area (Å²) in [5.74, 6) is 0.845. The van der Waals surface area contributed by atoms with Gasteiger partial charge in [0, 0.05) is 18.7 Å². The fraction of sp³-hybridized carbons (Fsp3) is 0.462. The second-order valence-electron chi connectivity index (χ2n) is 4.75. The lowest BCUT2D eigenvalue weighted by Gasteiger charge is -2.18. The molecule has 3 heteroatoms. The van der Waals surface area contributed by atoms with Gasteiger partial charge in [-0.1, -0.05) is 19.9 Å². The molecule has 0 saturated carbocycles. The molecular formula is C13H17FN2. The van der Waals surface area contributed by atoms with Gasteiger partial charge in [-0.25, -0.2) is 4.39 Å². The van der Waals surface area contributed by atoms with Crippen molar-refractivity contribution in [1.82, 2.24) is 4.90 Å². The van der Waals surface area contributed by atoms with Crippen molar-refractivity contribution in [2.24, 2.45) is 5.92 Å². The molecule has 2 rings (SSSR count). The SMILES string of the molecule is CC(C)CCN1Cc2ccc(F)cc2C1=N. The van der Waals surface area contributed by atoms with Crippen molar-refractivity contribution in [3.63, 3.8) is 0 Å². The summed E-state index contributed by atoms with van der Waals surface area (Å²) in [4.78, 5) is 2.02. The van der Waals surface area contributed by atoms with E-state index in [1.807, 2.05) is 4.90 Å². The monoisotopic (exact) mass is 220 g/mol. The molecule has 16 heavy (non-hydrogen) atoms. The number of hydrogen-bond donors (Lipinski definition) is 1. The first-order valence-electron chi connectivity index (χ1n) is 5.70. The van der Waals surface area contributed by atoms with Crippen LogP contribution in [0.1, 0.15) is 31.4 Å². The van der Waals surface area contributed by atoms with Crippen molar-refractivity contribution >= 4 is 5.84 Å². The van der Waals surface area contributed by atoms with E-state index in [4.69, 9.17) is 5.41 Å². The average molecular weight is 220 g/mol. The summed E-state index contributed by atoms with van der Waals surface area (Å²) >= 11 is 0. The van der Waals surface area contributed by atoms with Crippen molar-refractivity contribution in [1.29, 1.82) is 5.41 Å². The first kappa shape index (κ1) is 11.1. The van der Waals surface area contributed by atoms with Gasteiger partial charge in [-0.15, -0.1) is 0 Å². The van der Waals surface area contributed by atoms with Crippen LogP contribution in [-0.4, -0.2) is 17.3 Å². The standard InChI is InChI=1S/C13H17FN2/c1-9(2)5-6-16-8-10-3-4-11(14)7-12(10)13(16)15/h3-4,7,9,15H,5-6,8H2,1-2H3. The van der Waals surface area contributed by atoms with Crippen LogP contribution in [0.25, 0.3) is 0 Å². The van der Waals surface area contributed by atoms with Crippen LogP contribution in [0, 0.1) is 17.1 Å². The Bertz CT molecular complexity index is 412. The molecule has 0 saturated heterocycles. The van der Waals surface area contributed by atoms with Gasteiger partial charge in [0.15, 0.2) is 0 Å². The number of fused-ring (bicyclic) bond motifs is 1. The molecule has 0 atom stereocenters. The summed E-state index contributed by atoms with van der Waals surface area (Å²) in [6.07, 6.45) is 1.07. The van der Waals surface area contributed by atoms with E-state index in [1.54, 1.807) is 6.07 Å². The van der Waals surface area contributed by atoms with Gasteiger partial charge in [0.25, 0.3) is 0 Å². The third kappa shape index (κ3) is 2.08. The van der Waals surface area contributed by atoms with Crippen LogP contribution in [0.5, 0.6) is 0 Å². The molecule has 0 aliphatic carbocycles. The minimum Gasteiger partial charge on any atom is -0.352 e. The maximum atomic E-state index is 13.1. The average Bonchev–Trinajstić information content (AvgIpc) is 2.53. The first-order valence-corrected chi connectivity index (χ1v) is 5.70. The molecule has 0 aromatic heterocycles. The Labute approximate surface area is 95.6 Å². The van der Waals surface area contributed by atoms with Crippen molar-refractivity contribution in [3.8, 4) is 0 Å². The lowest BCUT2D eigenvalue weighted by molar-refractivity contribution is 0.386. The molecule has 1 aromatic rings. The van der Waals surface area contributed by atoms with E-state index in [-0.39, 0.29) is 5.82 Å². The third-order valence-corrected chi connectivity index (χ3v) is 2.98. The number of halogens is 1. The highest BCUT2D eigenvalue weighted by atomic mass is 19.1. The number of amidine groups is 1. The van der Waals surface area contributed by atoms with Gasteiger partial charge < -0.3 is 4.90 Å². The van der Waals surface area contributed by atoms with Gasteiger partial charge in [-0.3, -0.25) is 5.41 Å². The Balaban J connectivity index is 2.12. The molecule has 1 heterocycles. The van der Waals surface area contributed by atoms with Gasteiger partial charge >= 0.3 is 0 Å². The summed E-state index contributed by atoms with van der Waals surface area (Å²) in [6.45, 7) is 5.98. The summed E-state index contributed by atoms with van der Waals surface area (Å²) in [5.41, 5.74) is 1.82. The van der Waals surface area contributed by atoms with Gasteiger partial charge in [0.2, 0.25) is 0 Å². The second kappa shape index (κ2) is 4.24. The van der Waals surface area contributed by atoms with Gasteiger partial charge in [0.1, 0.15) is 11.7 Å². The zero-order valence-electron chi connectivity index (χ0n) is 9.76. The predicted octanol–water partition coefficient (Wildman–Crippen LogP) is 3.01. The van der Waals surface area contributed by atoms with E-state index < -0.39 is 0 Å². The van der Waals surface area contributed by atoms with E-state index >= 15 is 0 Å². The molecule has 2 nitrogen and oxygen atoms in total. The van der Waals surface area contributed by atoms with Crippen LogP contribution in [0.3, 0.4) is 0 Å². The molecule has 0 amide bonds. The Hall–Kier alpha value is -1.38. The zero-order chi connectivity index (χ0) is 11.7. The number of nitrogens with one attached hydrogen (secondary N) is 1. The number of benzene rings is 1. The molecule has 1 aliphatic rings. The number of rotatable bonds is 3. The van der Waals surface area contributed by atoms with E-state index in [9.17, 15) is 4.39 Å². The normalized spacial score (nSPS) is 14.8. The summed E-state index contributed by atoms with van der Waals surface area (Å²) in [7, 11) is 0. The van der Waals surface area contributed by atoms with Crippen molar-refractivity contribution in [2.75, 3.05) is 6.54 Å². The summed E-state index contributed by atoms with van der Waals surface area (Å²) in [6, 6.07) is 4.72. The molecule has 1 aromatic carbocycles. The molecule has 1 aliphatic heterocycles. The molecule has 0 unspecified atom stereocenters. The summed E-state index contributed by atoms with van der Waals surface area (Å²) < 4.78 is 13.1. The third-order valence-electron chi connectivity index (χ3n) is 2.98. The highest BCUT2D eigenvalue weighted by molar-refractivity contribution is 6.00. The van der Waals surface area contributed by atoms with Crippen LogP contribution in [0.4, 0.5) is 4.39 Å². The van der Waals surface area contributed by atoms with Crippen molar-refractivity contribution < 1.29 is 4.39 Å². The second-order valence-corrected chi connectivity index (χ2v) is 4.75. The maximum Gasteiger partial charge on any atom is 0.128 e. The molecular weight excluding hydrogens is 203 g/mol. The van der Waals surface area contributed by atoms with E-state index in [0.29, 0.717) is 11.8 Å². The Morgan fingerprint density at radius 1 is 1.44 bits per heavy atom. The van der Waals surface area contributed by atoms with Crippen LogP contribution >= 0.6 is 0 Å². The molecule has 1 N–H and O–H groups in total. The van der Waals surface area contributed by atoms with Crippen molar-refractivity contribution in [3.05, 3.63) is 35.1 Å².